The molecule has 1 fully saturated rings. The van der Waals surface area contributed by atoms with Crippen LogP contribution in [0, 0.1) is 0 Å². The van der Waals surface area contributed by atoms with Crippen LogP contribution >= 0.6 is 0 Å². The number of ether oxygens (including phenoxy) is 1. The van der Waals surface area contributed by atoms with Crippen LogP contribution in [0.4, 0.5) is 4.79 Å². The molecule has 0 aromatic rings. The van der Waals surface area contributed by atoms with Gasteiger partial charge in [-0.3, -0.25) is 0 Å². The average Bonchev–Trinajstić information content (AvgIpc) is 2.15. The maximum Gasteiger partial charge on any atom is 0.329 e. The van der Waals surface area contributed by atoms with E-state index in [-0.39, 0.29) is 6.03 Å². The molecule has 1 aliphatic heterocycles. The first-order valence-corrected chi connectivity index (χ1v) is 4.40. The summed E-state index contributed by atoms with van der Waals surface area (Å²) in [7, 11) is 1.47. The van der Waals surface area contributed by atoms with E-state index in [0.29, 0.717) is 13.2 Å². The Hall–Kier alpha value is -1.30. The Morgan fingerprint density at radius 3 is 2.71 bits per heavy atom. The van der Waals surface area contributed by atoms with Gasteiger partial charge in [-0.1, -0.05) is 0 Å². The Bertz CT molecular complexity index is 243. The second kappa shape index (κ2) is 4.28. The molecule has 0 aromatic heterocycles. The molecule has 0 radical (unpaired) electrons. The summed E-state index contributed by atoms with van der Waals surface area (Å²) in [6, 6.07) is -1.28. The van der Waals surface area contributed by atoms with E-state index in [9.17, 15) is 9.59 Å². The third kappa shape index (κ3) is 1.95. The van der Waals surface area contributed by atoms with E-state index in [1.165, 1.54) is 11.9 Å². The Balaban J connectivity index is 2.79. The minimum atomic E-state index is -1.04. The van der Waals surface area contributed by atoms with Gasteiger partial charge in [0, 0.05) is 13.6 Å². The molecule has 80 valence electrons. The molecule has 2 atom stereocenters. The number of urea groups is 1. The van der Waals surface area contributed by atoms with Gasteiger partial charge in [-0.15, -0.1) is 0 Å². The van der Waals surface area contributed by atoms with Gasteiger partial charge in [-0.05, 0) is 6.92 Å². The lowest BCUT2D eigenvalue weighted by molar-refractivity contribution is -0.152. The molecule has 1 aliphatic rings. The third-order valence-corrected chi connectivity index (χ3v) is 2.22. The van der Waals surface area contributed by atoms with Crippen LogP contribution < -0.4 is 5.32 Å². The highest BCUT2D eigenvalue weighted by molar-refractivity contribution is 5.83. The van der Waals surface area contributed by atoms with E-state index in [4.69, 9.17) is 9.84 Å². The fourth-order valence-corrected chi connectivity index (χ4v) is 1.53. The van der Waals surface area contributed by atoms with E-state index in [1.54, 1.807) is 6.92 Å². The number of morpholine rings is 1. The highest BCUT2D eigenvalue weighted by Crippen LogP contribution is 2.14. The fourth-order valence-electron chi connectivity index (χ4n) is 1.53. The quantitative estimate of drug-likeness (QED) is 0.600. The van der Waals surface area contributed by atoms with Crippen molar-refractivity contribution in [3.8, 4) is 0 Å². The summed E-state index contributed by atoms with van der Waals surface area (Å²) < 4.78 is 5.17. The number of carbonyl (C=O) groups is 2. The van der Waals surface area contributed by atoms with Crippen molar-refractivity contribution in [1.29, 1.82) is 0 Å². The number of hydrogen-bond donors (Lipinski definition) is 2. The molecule has 0 aliphatic carbocycles. The van der Waals surface area contributed by atoms with E-state index >= 15 is 0 Å². The second-order valence-corrected chi connectivity index (χ2v) is 3.11. The largest absolute Gasteiger partial charge is 0.480 e. The molecule has 0 spiro atoms. The van der Waals surface area contributed by atoms with E-state index in [0.717, 1.165) is 0 Å². The number of amides is 2. The number of rotatable bonds is 1. The molecule has 2 unspecified atom stereocenters. The summed E-state index contributed by atoms with van der Waals surface area (Å²) in [6.07, 6.45) is -0.474. The van der Waals surface area contributed by atoms with Gasteiger partial charge in [-0.25, -0.2) is 9.59 Å². The Morgan fingerprint density at radius 1 is 1.57 bits per heavy atom. The van der Waals surface area contributed by atoms with Crippen LogP contribution in [0.3, 0.4) is 0 Å². The van der Waals surface area contributed by atoms with Gasteiger partial charge in [0.25, 0.3) is 0 Å². The molecule has 0 aromatic carbocycles. The number of carboxylic acids is 1. The Morgan fingerprint density at radius 2 is 2.21 bits per heavy atom. The molecule has 1 rings (SSSR count). The number of hydrogen-bond acceptors (Lipinski definition) is 3. The van der Waals surface area contributed by atoms with Crippen molar-refractivity contribution in [1.82, 2.24) is 10.2 Å². The topological polar surface area (TPSA) is 78.9 Å². The van der Waals surface area contributed by atoms with Crippen molar-refractivity contribution >= 4 is 12.0 Å². The van der Waals surface area contributed by atoms with Gasteiger partial charge >= 0.3 is 12.0 Å². The van der Waals surface area contributed by atoms with Crippen molar-refractivity contribution in [2.24, 2.45) is 0 Å². The van der Waals surface area contributed by atoms with Crippen molar-refractivity contribution in [3.63, 3.8) is 0 Å². The summed E-state index contributed by atoms with van der Waals surface area (Å²) >= 11 is 0. The van der Waals surface area contributed by atoms with Crippen molar-refractivity contribution in [2.45, 2.75) is 19.1 Å². The van der Waals surface area contributed by atoms with Crippen LogP contribution in [0.15, 0.2) is 0 Å². The molecule has 14 heavy (non-hydrogen) atoms. The number of nitrogens with zero attached hydrogens (tertiary/aromatic N) is 1. The van der Waals surface area contributed by atoms with Crippen LogP contribution in [0.5, 0.6) is 0 Å². The van der Waals surface area contributed by atoms with Gasteiger partial charge < -0.3 is 20.1 Å². The minimum Gasteiger partial charge on any atom is -0.480 e. The van der Waals surface area contributed by atoms with Gasteiger partial charge in [0.15, 0.2) is 6.04 Å². The number of carbonyl (C=O) groups excluding carboxylic acids is 1. The molecule has 0 bridgehead atoms. The zero-order chi connectivity index (χ0) is 10.7. The first kappa shape index (κ1) is 10.8. The predicted octanol–water partition coefficient (Wildman–Crippen LogP) is -0.500. The van der Waals surface area contributed by atoms with E-state index < -0.39 is 18.1 Å². The average molecular weight is 202 g/mol. The smallest absolute Gasteiger partial charge is 0.329 e. The number of aliphatic carboxylic acids is 1. The molecule has 2 amide bonds. The molecular formula is C8H14N2O4. The first-order chi connectivity index (χ1) is 6.57. The van der Waals surface area contributed by atoms with Gasteiger partial charge in [-0.2, -0.15) is 0 Å². The van der Waals surface area contributed by atoms with E-state index in [1.807, 2.05) is 0 Å². The summed E-state index contributed by atoms with van der Waals surface area (Å²) in [5.41, 5.74) is 0. The number of nitrogens with one attached hydrogen (secondary N) is 1. The number of carboxylic acid groups (broad SMARTS) is 1. The highest BCUT2D eigenvalue weighted by atomic mass is 16.5. The maximum atomic E-state index is 11.3. The van der Waals surface area contributed by atoms with E-state index in [2.05, 4.69) is 5.32 Å². The molecule has 6 heteroatoms. The van der Waals surface area contributed by atoms with Crippen LogP contribution in [0.1, 0.15) is 6.92 Å². The zero-order valence-corrected chi connectivity index (χ0v) is 8.19. The highest BCUT2D eigenvalue weighted by Gasteiger charge is 2.37. The fraction of sp³-hybridized carbons (Fsp3) is 0.750. The first-order valence-electron chi connectivity index (χ1n) is 4.40. The molecule has 0 saturated carbocycles. The third-order valence-electron chi connectivity index (χ3n) is 2.22. The molecule has 1 saturated heterocycles. The standard InChI is InChI=1S/C8H14N2O4/c1-5-6(7(11)12)10(3-4-14-5)8(13)9-2/h5-6H,3-4H2,1-2H3,(H,9,13)(H,11,12). The minimum absolute atomic E-state index is 0.307. The Labute approximate surface area is 81.8 Å². The molecule has 2 N–H and O–H groups in total. The van der Waals surface area contributed by atoms with Gasteiger partial charge in [0.2, 0.25) is 0 Å². The Kier molecular flexibility index (Phi) is 3.29. The zero-order valence-electron chi connectivity index (χ0n) is 8.19. The lowest BCUT2D eigenvalue weighted by atomic mass is 10.1. The summed E-state index contributed by atoms with van der Waals surface area (Å²) in [5.74, 6) is -1.04. The van der Waals surface area contributed by atoms with Gasteiger partial charge in [0.1, 0.15) is 0 Å². The van der Waals surface area contributed by atoms with Crippen molar-refractivity contribution in [3.05, 3.63) is 0 Å². The summed E-state index contributed by atoms with van der Waals surface area (Å²) in [4.78, 5) is 23.5. The lowest BCUT2D eigenvalue weighted by Gasteiger charge is -2.36. The predicted molar refractivity (Wildman–Crippen MR) is 48.0 cm³/mol. The monoisotopic (exact) mass is 202 g/mol. The SMILES string of the molecule is CNC(=O)N1CCOC(C)C1C(=O)O. The van der Waals surface area contributed by atoms with Crippen LogP contribution in [0.25, 0.3) is 0 Å². The second-order valence-electron chi connectivity index (χ2n) is 3.11. The van der Waals surface area contributed by atoms with Crippen molar-refractivity contribution in [2.75, 3.05) is 20.2 Å². The normalized spacial score (nSPS) is 27.1. The lowest BCUT2D eigenvalue weighted by Crippen LogP contribution is -2.58. The maximum absolute atomic E-state index is 11.3. The van der Waals surface area contributed by atoms with Crippen LogP contribution in [-0.4, -0.2) is 54.4 Å². The molecular weight excluding hydrogens is 188 g/mol. The summed E-state index contributed by atoms with van der Waals surface area (Å²) in [5, 5.41) is 11.3. The molecule has 1 heterocycles. The van der Waals surface area contributed by atoms with Crippen LogP contribution in [0.2, 0.25) is 0 Å². The molecule has 6 nitrogen and oxygen atoms in total. The van der Waals surface area contributed by atoms with Crippen LogP contribution in [-0.2, 0) is 9.53 Å². The van der Waals surface area contributed by atoms with Crippen molar-refractivity contribution < 1.29 is 19.4 Å². The summed E-state index contributed by atoms with van der Waals surface area (Å²) in [6.45, 7) is 2.33. The van der Waals surface area contributed by atoms with Gasteiger partial charge in [0.05, 0.1) is 12.7 Å².